The van der Waals surface area contributed by atoms with Gasteiger partial charge in [0.05, 0.1) is 5.92 Å². The molecule has 0 aromatic carbocycles. The number of carbonyl (C=O) groups is 1. The number of rotatable bonds is 6. The molecular weight excluding hydrogens is 248 g/mol. The van der Waals surface area contributed by atoms with Crippen LogP contribution < -0.4 is 0 Å². The highest BCUT2D eigenvalue weighted by Gasteiger charge is 2.38. The van der Waals surface area contributed by atoms with Gasteiger partial charge >= 0.3 is 5.97 Å². The van der Waals surface area contributed by atoms with Crippen LogP contribution in [0, 0.1) is 23.7 Å². The van der Waals surface area contributed by atoms with Crippen molar-refractivity contribution < 1.29 is 9.53 Å². The fraction of sp³-hybridized carbons (Fsp3) is 0.833. The van der Waals surface area contributed by atoms with E-state index < -0.39 is 0 Å². The van der Waals surface area contributed by atoms with Crippen molar-refractivity contribution in [2.45, 2.75) is 72.3 Å². The topological polar surface area (TPSA) is 26.3 Å². The van der Waals surface area contributed by atoms with Crippen LogP contribution in [0.15, 0.2) is 11.6 Å². The number of unbranched alkanes of at least 4 members (excludes halogenated alkanes) is 1. The molecule has 0 unspecified atom stereocenters. The lowest BCUT2D eigenvalue weighted by molar-refractivity contribution is -0.156. The zero-order chi connectivity index (χ0) is 14.7. The van der Waals surface area contributed by atoms with Crippen molar-refractivity contribution in [3.05, 3.63) is 11.6 Å². The van der Waals surface area contributed by atoms with E-state index in [0.717, 1.165) is 12.8 Å². The Labute approximate surface area is 124 Å². The standard InChI is InChI=1S/C18H30O2/c1-5-6-7-14-11-16(14)18(19)20-17-10-13(4)8-9-15(17)12(2)3/h11-13,15-17H,5-10H2,1-4H3/t13-,15+,16-,17-/m1/s1. The number of ether oxygens (including phenoxy) is 1. The smallest absolute Gasteiger partial charge is 0.317 e. The summed E-state index contributed by atoms with van der Waals surface area (Å²) in [5, 5.41) is 0. The molecule has 0 spiro atoms. The van der Waals surface area contributed by atoms with Crippen molar-refractivity contribution in [3.8, 4) is 0 Å². The van der Waals surface area contributed by atoms with Crippen LogP contribution in [0.1, 0.15) is 66.2 Å². The SMILES string of the molecule is CCCCC1=C[C@H]1C(=O)O[C@@H]1C[C@H](C)CC[C@H]1C(C)C. The van der Waals surface area contributed by atoms with Crippen molar-refractivity contribution in [1.82, 2.24) is 0 Å². The van der Waals surface area contributed by atoms with Crippen molar-refractivity contribution in [2.75, 3.05) is 0 Å². The molecule has 0 aromatic rings. The fourth-order valence-electron chi connectivity index (χ4n) is 3.48. The summed E-state index contributed by atoms with van der Waals surface area (Å²) in [6, 6.07) is 0. The molecule has 0 radical (unpaired) electrons. The Balaban J connectivity index is 1.83. The Hall–Kier alpha value is -0.790. The third-order valence-corrected chi connectivity index (χ3v) is 4.97. The summed E-state index contributed by atoms with van der Waals surface area (Å²) in [6.45, 7) is 8.97. The minimum absolute atomic E-state index is 0.0147. The van der Waals surface area contributed by atoms with Gasteiger partial charge in [-0.05, 0) is 43.4 Å². The van der Waals surface area contributed by atoms with Gasteiger partial charge < -0.3 is 4.74 Å². The lowest BCUT2D eigenvalue weighted by atomic mass is 9.75. The van der Waals surface area contributed by atoms with E-state index in [1.54, 1.807) is 0 Å². The zero-order valence-corrected chi connectivity index (χ0v) is 13.5. The van der Waals surface area contributed by atoms with Gasteiger partial charge in [-0.1, -0.05) is 52.2 Å². The summed E-state index contributed by atoms with van der Waals surface area (Å²) < 4.78 is 5.88. The highest BCUT2D eigenvalue weighted by atomic mass is 16.5. The summed E-state index contributed by atoms with van der Waals surface area (Å²) >= 11 is 0. The fourth-order valence-corrected chi connectivity index (χ4v) is 3.48. The van der Waals surface area contributed by atoms with Gasteiger partial charge in [-0.15, -0.1) is 0 Å². The molecule has 1 fully saturated rings. The normalized spacial score (nSPS) is 33.0. The van der Waals surface area contributed by atoms with Gasteiger partial charge in [0.15, 0.2) is 0 Å². The Bertz CT molecular complexity index is 370. The molecule has 0 heterocycles. The molecule has 2 nitrogen and oxygen atoms in total. The minimum Gasteiger partial charge on any atom is -0.461 e. The van der Waals surface area contributed by atoms with Crippen LogP contribution in [0.25, 0.3) is 0 Å². The van der Waals surface area contributed by atoms with E-state index in [1.807, 2.05) is 0 Å². The van der Waals surface area contributed by atoms with Gasteiger partial charge in [0.1, 0.15) is 6.10 Å². The Kier molecular flexibility index (Phi) is 5.29. The lowest BCUT2D eigenvalue weighted by Crippen LogP contribution is -2.36. The summed E-state index contributed by atoms with van der Waals surface area (Å²) in [7, 11) is 0. The van der Waals surface area contributed by atoms with Crippen LogP contribution >= 0.6 is 0 Å². The first-order chi connectivity index (χ1) is 9.52. The van der Waals surface area contributed by atoms with E-state index in [1.165, 1.54) is 31.3 Å². The zero-order valence-electron chi connectivity index (χ0n) is 13.5. The van der Waals surface area contributed by atoms with Crippen molar-refractivity contribution >= 4 is 5.97 Å². The van der Waals surface area contributed by atoms with E-state index in [-0.39, 0.29) is 18.0 Å². The van der Waals surface area contributed by atoms with Crippen LogP contribution in [-0.2, 0) is 9.53 Å². The molecule has 0 bridgehead atoms. The first-order valence-corrected chi connectivity index (χ1v) is 8.44. The summed E-state index contributed by atoms with van der Waals surface area (Å²) in [5.74, 6) is 1.88. The van der Waals surface area contributed by atoms with Gasteiger partial charge in [-0.3, -0.25) is 4.79 Å². The molecule has 2 heteroatoms. The second kappa shape index (κ2) is 6.78. The molecule has 0 aromatic heterocycles. The monoisotopic (exact) mass is 278 g/mol. The van der Waals surface area contributed by atoms with E-state index in [2.05, 4.69) is 33.8 Å². The summed E-state index contributed by atoms with van der Waals surface area (Å²) in [4.78, 5) is 12.2. The Morgan fingerprint density at radius 2 is 2.15 bits per heavy atom. The van der Waals surface area contributed by atoms with Gasteiger partial charge in [0.25, 0.3) is 0 Å². The molecule has 114 valence electrons. The maximum Gasteiger partial charge on any atom is 0.317 e. The van der Waals surface area contributed by atoms with Gasteiger partial charge in [-0.25, -0.2) is 0 Å². The lowest BCUT2D eigenvalue weighted by Gasteiger charge is -2.36. The number of carbonyl (C=O) groups excluding carboxylic acids is 1. The van der Waals surface area contributed by atoms with Gasteiger partial charge in [0.2, 0.25) is 0 Å². The average Bonchev–Trinajstić information content (AvgIpc) is 3.15. The van der Waals surface area contributed by atoms with Crippen molar-refractivity contribution in [1.29, 1.82) is 0 Å². The maximum absolute atomic E-state index is 12.2. The predicted octanol–water partition coefficient (Wildman–Crippen LogP) is 4.74. The van der Waals surface area contributed by atoms with Crippen LogP contribution in [-0.4, -0.2) is 12.1 Å². The highest BCUT2D eigenvalue weighted by molar-refractivity contribution is 5.83. The van der Waals surface area contributed by atoms with E-state index in [4.69, 9.17) is 4.74 Å². The van der Waals surface area contributed by atoms with Gasteiger partial charge in [0, 0.05) is 0 Å². The molecule has 0 amide bonds. The Morgan fingerprint density at radius 1 is 1.40 bits per heavy atom. The molecule has 4 atom stereocenters. The van der Waals surface area contributed by atoms with Crippen LogP contribution in [0.4, 0.5) is 0 Å². The van der Waals surface area contributed by atoms with Crippen LogP contribution in [0.3, 0.4) is 0 Å². The molecule has 0 saturated heterocycles. The molecular formula is C18H30O2. The molecule has 0 N–H and O–H groups in total. The first-order valence-electron chi connectivity index (χ1n) is 8.44. The largest absolute Gasteiger partial charge is 0.461 e. The van der Waals surface area contributed by atoms with Crippen LogP contribution in [0.5, 0.6) is 0 Å². The molecule has 1 saturated carbocycles. The number of hydrogen-bond acceptors (Lipinski definition) is 2. The molecule has 2 aliphatic rings. The van der Waals surface area contributed by atoms with E-state index in [9.17, 15) is 4.79 Å². The molecule has 0 aliphatic heterocycles. The average molecular weight is 278 g/mol. The molecule has 2 rings (SSSR count). The quantitative estimate of drug-likeness (QED) is 0.518. The highest BCUT2D eigenvalue weighted by Crippen LogP contribution is 2.39. The molecule has 20 heavy (non-hydrogen) atoms. The third kappa shape index (κ3) is 3.86. The number of esters is 1. The van der Waals surface area contributed by atoms with Crippen molar-refractivity contribution in [3.63, 3.8) is 0 Å². The maximum atomic E-state index is 12.2. The minimum atomic E-state index is 0.0147. The summed E-state index contributed by atoms with van der Waals surface area (Å²) in [5.41, 5.74) is 1.31. The first kappa shape index (κ1) is 15.6. The third-order valence-electron chi connectivity index (χ3n) is 4.97. The van der Waals surface area contributed by atoms with E-state index in [0.29, 0.717) is 17.8 Å². The van der Waals surface area contributed by atoms with Crippen molar-refractivity contribution in [2.24, 2.45) is 23.7 Å². The molecule has 2 aliphatic carbocycles. The van der Waals surface area contributed by atoms with Gasteiger partial charge in [-0.2, -0.15) is 0 Å². The van der Waals surface area contributed by atoms with Crippen LogP contribution in [0.2, 0.25) is 0 Å². The second-order valence-corrected chi connectivity index (χ2v) is 7.12. The second-order valence-electron chi connectivity index (χ2n) is 7.12. The Morgan fingerprint density at radius 3 is 2.80 bits per heavy atom. The van der Waals surface area contributed by atoms with E-state index >= 15 is 0 Å². The number of hydrogen-bond donors (Lipinski definition) is 0. The summed E-state index contributed by atoms with van der Waals surface area (Å²) in [6.07, 6.45) is 9.22. The predicted molar refractivity (Wildman–Crippen MR) is 82.3 cm³/mol.